The minimum absolute atomic E-state index is 0.218. The number of esters is 2. The van der Waals surface area contributed by atoms with Crippen LogP contribution in [0.4, 0.5) is 10.1 Å². The summed E-state index contributed by atoms with van der Waals surface area (Å²) in [6, 6.07) is 15.4. The molecule has 0 aliphatic carbocycles. The van der Waals surface area contributed by atoms with Crippen LogP contribution in [-0.2, 0) is 24.8 Å². The average molecular weight is 387 g/mol. The lowest BCUT2D eigenvalue weighted by Gasteiger charge is -2.30. The van der Waals surface area contributed by atoms with Crippen molar-refractivity contribution in [2.24, 2.45) is 0 Å². The van der Waals surface area contributed by atoms with E-state index in [2.05, 4.69) is 5.32 Å². The highest BCUT2D eigenvalue weighted by Crippen LogP contribution is 2.32. The number of hydrogen-bond acceptors (Lipinski definition) is 6. The number of hydrogen-bond donors (Lipinski definition) is 1. The monoisotopic (exact) mass is 387 g/mol. The van der Waals surface area contributed by atoms with Crippen molar-refractivity contribution in [3.8, 4) is 0 Å². The van der Waals surface area contributed by atoms with Gasteiger partial charge in [-0.15, -0.1) is 11.8 Å². The number of ether oxygens (including phenoxy) is 2. The second-order valence-corrected chi connectivity index (χ2v) is 7.24. The van der Waals surface area contributed by atoms with E-state index in [-0.39, 0.29) is 22.2 Å². The van der Waals surface area contributed by atoms with Gasteiger partial charge in [0, 0.05) is 25.3 Å². The van der Waals surface area contributed by atoms with Gasteiger partial charge in [-0.3, -0.25) is 0 Å². The van der Waals surface area contributed by atoms with Crippen molar-refractivity contribution >= 4 is 29.4 Å². The summed E-state index contributed by atoms with van der Waals surface area (Å²) in [5.41, 5.74) is 0.888. The first-order valence-corrected chi connectivity index (χ1v) is 9.23. The van der Waals surface area contributed by atoms with E-state index in [0.29, 0.717) is 11.3 Å². The molecular formula is C20H18FNO4S. The molecule has 0 saturated carbocycles. The summed E-state index contributed by atoms with van der Waals surface area (Å²) >= 11 is 1.12. The quantitative estimate of drug-likeness (QED) is 0.471. The third-order valence-electron chi connectivity index (χ3n) is 3.67. The molecule has 27 heavy (non-hydrogen) atoms. The zero-order valence-corrected chi connectivity index (χ0v) is 15.6. The zero-order valence-electron chi connectivity index (χ0n) is 14.8. The molecule has 5 nitrogen and oxygen atoms in total. The van der Waals surface area contributed by atoms with Crippen LogP contribution in [0.1, 0.15) is 19.4 Å². The van der Waals surface area contributed by atoms with Gasteiger partial charge in [-0.05, 0) is 23.8 Å². The van der Waals surface area contributed by atoms with Gasteiger partial charge in [0.05, 0.1) is 5.03 Å². The summed E-state index contributed by atoms with van der Waals surface area (Å²) in [5.74, 6) is -3.03. The van der Waals surface area contributed by atoms with Crippen molar-refractivity contribution in [1.29, 1.82) is 0 Å². The number of anilines is 1. The van der Waals surface area contributed by atoms with Crippen molar-refractivity contribution in [2.45, 2.75) is 25.4 Å². The van der Waals surface area contributed by atoms with Gasteiger partial charge in [0.2, 0.25) is 0 Å². The number of para-hydroxylation sites is 1. The summed E-state index contributed by atoms with van der Waals surface area (Å²) < 4.78 is 24.3. The van der Waals surface area contributed by atoms with Crippen molar-refractivity contribution < 1.29 is 23.5 Å². The normalized spacial score (nSPS) is 15.7. The Balaban J connectivity index is 1.93. The van der Waals surface area contributed by atoms with Gasteiger partial charge >= 0.3 is 11.9 Å². The molecule has 1 heterocycles. The number of carbonyl (C=O) groups excluding carboxylic acids is 2. The highest BCUT2D eigenvalue weighted by atomic mass is 32.2. The van der Waals surface area contributed by atoms with Crippen LogP contribution in [0.3, 0.4) is 0 Å². The van der Waals surface area contributed by atoms with Crippen LogP contribution in [0, 0.1) is 5.82 Å². The summed E-state index contributed by atoms with van der Waals surface area (Å²) in [6.07, 6.45) is 0. The maximum absolute atomic E-state index is 13.9. The van der Waals surface area contributed by atoms with Gasteiger partial charge in [0.25, 0.3) is 5.79 Å². The molecule has 3 rings (SSSR count). The SMILES string of the molecule is CC1(C)OC(=O)C(=C(Nc2ccccc2)SCc2ccccc2F)C(=O)O1. The van der Waals surface area contributed by atoms with E-state index in [0.717, 1.165) is 11.8 Å². The van der Waals surface area contributed by atoms with Gasteiger partial charge in [0.15, 0.2) is 5.57 Å². The number of halogens is 1. The molecule has 7 heteroatoms. The van der Waals surface area contributed by atoms with Gasteiger partial charge in [-0.2, -0.15) is 0 Å². The van der Waals surface area contributed by atoms with Crippen molar-refractivity contribution in [1.82, 2.24) is 0 Å². The van der Waals surface area contributed by atoms with Crippen molar-refractivity contribution in [3.63, 3.8) is 0 Å². The maximum atomic E-state index is 13.9. The lowest BCUT2D eigenvalue weighted by Crippen LogP contribution is -2.42. The molecule has 140 valence electrons. The number of nitrogens with one attached hydrogen (secondary N) is 1. The first-order chi connectivity index (χ1) is 12.9. The lowest BCUT2D eigenvalue weighted by atomic mass is 10.2. The van der Waals surface area contributed by atoms with E-state index in [1.807, 2.05) is 18.2 Å². The second-order valence-electron chi connectivity index (χ2n) is 6.25. The van der Waals surface area contributed by atoms with Crippen LogP contribution in [-0.4, -0.2) is 17.7 Å². The molecule has 1 aliphatic rings. The third-order valence-corrected chi connectivity index (χ3v) is 4.72. The Bertz CT molecular complexity index is 874. The molecule has 1 fully saturated rings. The minimum Gasteiger partial charge on any atom is -0.419 e. The Kier molecular flexibility index (Phi) is 5.51. The Morgan fingerprint density at radius 3 is 2.22 bits per heavy atom. The van der Waals surface area contributed by atoms with Crippen LogP contribution in [0.5, 0.6) is 0 Å². The molecule has 0 radical (unpaired) electrons. The minimum atomic E-state index is -1.33. The van der Waals surface area contributed by atoms with E-state index in [1.54, 1.807) is 30.3 Å². The van der Waals surface area contributed by atoms with Crippen LogP contribution >= 0.6 is 11.8 Å². The molecule has 0 spiro atoms. The molecule has 2 aromatic rings. The third kappa shape index (κ3) is 4.68. The molecule has 1 aliphatic heterocycles. The van der Waals surface area contributed by atoms with Gasteiger partial charge in [-0.25, -0.2) is 14.0 Å². The molecule has 1 N–H and O–H groups in total. The Morgan fingerprint density at radius 1 is 1.00 bits per heavy atom. The first kappa shape index (κ1) is 19.0. The van der Waals surface area contributed by atoms with E-state index in [9.17, 15) is 14.0 Å². The first-order valence-electron chi connectivity index (χ1n) is 8.25. The highest BCUT2D eigenvalue weighted by molar-refractivity contribution is 8.02. The van der Waals surface area contributed by atoms with Crippen LogP contribution in [0.25, 0.3) is 0 Å². The molecule has 0 atom stereocenters. The van der Waals surface area contributed by atoms with Gasteiger partial charge in [0.1, 0.15) is 5.82 Å². The number of cyclic esters (lactones) is 2. The fraction of sp³-hybridized carbons (Fsp3) is 0.200. The van der Waals surface area contributed by atoms with E-state index in [1.165, 1.54) is 19.9 Å². The standard InChI is InChI=1S/C20H18FNO4S/c1-20(2)25-18(23)16(19(24)26-20)17(22-14-9-4-3-5-10-14)27-12-13-8-6-7-11-15(13)21/h3-11,22H,12H2,1-2H3. The van der Waals surface area contributed by atoms with Crippen LogP contribution in [0.2, 0.25) is 0 Å². The molecule has 0 unspecified atom stereocenters. The fourth-order valence-corrected chi connectivity index (χ4v) is 3.46. The number of rotatable bonds is 5. The van der Waals surface area contributed by atoms with Gasteiger partial charge in [-0.1, -0.05) is 36.4 Å². The molecule has 2 aromatic carbocycles. The average Bonchev–Trinajstić information content (AvgIpc) is 2.60. The number of benzene rings is 2. The Labute approximate surface area is 160 Å². The van der Waals surface area contributed by atoms with Crippen molar-refractivity contribution in [3.05, 3.63) is 76.6 Å². The van der Waals surface area contributed by atoms with Crippen LogP contribution < -0.4 is 5.32 Å². The molecule has 1 saturated heterocycles. The smallest absolute Gasteiger partial charge is 0.351 e. The van der Waals surface area contributed by atoms with Gasteiger partial charge < -0.3 is 14.8 Å². The summed E-state index contributed by atoms with van der Waals surface area (Å²) in [5, 5.41) is 3.29. The molecule has 0 aromatic heterocycles. The predicted octanol–water partition coefficient (Wildman–Crippen LogP) is 4.22. The predicted molar refractivity (Wildman–Crippen MR) is 101 cm³/mol. The lowest BCUT2D eigenvalue weighted by molar-refractivity contribution is -0.222. The maximum Gasteiger partial charge on any atom is 0.351 e. The molecular weight excluding hydrogens is 369 g/mol. The number of thioether (sulfide) groups is 1. The Hall–Kier alpha value is -2.80. The van der Waals surface area contributed by atoms with E-state index < -0.39 is 17.7 Å². The van der Waals surface area contributed by atoms with E-state index >= 15 is 0 Å². The summed E-state index contributed by atoms with van der Waals surface area (Å²) in [4.78, 5) is 24.8. The zero-order chi connectivity index (χ0) is 19.4. The topological polar surface area (TPSA) is 64.6 Å². The molecule has 0 amide bonds. The van der Waals surface area contributed by atoms with Crippen molar-refractivity contribution in [2.75, 3.05) is 5.32 Å². The summed E-state index contributed by atoms with van der Waals surface area (Å²) in [6.45, 7) is 2.97. The van der Waals surface area contributed by atoms with E-state index in [4.69, 9.17) is 9.47 Å². The number of carbonyl (C=O) groups is 2. The second kappa shape index (κ2) is 7.84. The Morgan fingerprint density at radius 2 is 1.59 bits per heavy atom. The summed E-state index contributed by atoms with van der Waals surface area (Å²) in [7, 11) is 0. The molecule has 0 bridgehead atoms. The highest BCUT2D eigenvalue weighted by Gasteiger charge is 2.41. The largest absolute Gasteiger partial charge is 0.419 e. The fourth-order valence-electron chi connectivity index (χ4n) is 2.43. The van der Waals surface area contributed by atoms with Crippen LogP contribution in [0.15, 0.2) is 65.2 Å².